The summed E-state index contributed by atoms with van der Waals surface area (Å²) in [7, 11) is 1.49. The van der Waals surface area contributed by atoms with Crippen LogP contribution in [0.1, 0.15) is 20.3 Å². The normalized spacial score (nSPS) is 12.3. The van der Waals surface area contributed by atoms with Gasteiger partial charge in [0.2, 0.25) is 5.91 Å². The number of carboxylic acid groups (broad SMARTS) is 1. The Bertz CT molecular complexity index is 192. The van der Waals surface area contributed by atoms with Crippen LogP contribution in [-0.4, -0.2) is 30.2 Å². The molecule has 0 aliphatic rings. The molecule has 5 nitrogen and oxygen atoms in total. The molecule has 0 fully saturated rings. The molecule has 5 heteroatoms. The van der Waals surface area contributed by atoms with Crippen molar-refractivity contribution in [1.82, 2.24) is 10.6 Å². The first kappa shape index (κ1) is 11.7. The third-order valence-electron chi connectivity index (χ3n) is 1.57. The van der Waals surface area contributed by atoms with Gasteiger partial charge in [-0.05, 0) is 12.3 Å². The second-order valence-electron chi connectivity index (χ2n) is 3.25. The fourth-order valence-corrected chi connectivity index (χ4v) is 1.03. The average Bonchev–Trinajstić information content (AvgIpc) is 2.00. The molecule has 0 heterocycles. The maximum Gasteiger partial charge on any atom is 0.405 e. The number of carbonyl (C=O) groups excluding carboxylic acids is 1. The lowest BCUT2D eigenvalue weighted by Crippen LogP contribution is -2.45. The molecule has 1 atom stereocenters. The summed E-state index contributed by atoms with van der Waals surface area (Å²) in [6, 6.07) is -0.650. The van der Waals surface area contributed by atoms with Gasteiger partial charge >= 0.3 is 6.09 Å². The van der Waals surface area contributed by atoms with Gasteiger partial charge < -0.3 is 15.7 Å². The predicted octanol–water partition coefficient (Wildman–Crippen LogP) is 0.415. The van der Waals surface area contributed by atoms with E-state index in [0.29, 0.717) is 6.42 Å². The third kappa shape index (κ3) is 5.05. The second kappa shape index (κ2) is 5.40. The van der Waals surface area contributed by atoms with Crippen molar-refractivity contribution in [2.24, 2.45) is 5.92 Å². The molecule has 76 valence electrons. The summed E-state index contributed by atoms with van der Waals surface area (Å²) in [6.45, 7) is 3.86. The van der Waals surface area contributed by atoms with E-state index in [-0.39, 0.29) is 11.8 Å². The summed E-state index contributed by atoms with van der Waals surface area (Å²) in [6.07, 6.45) is -0.666. The highest BCUT2D eigenvalue weighted by Gasteiger charge is 2.19. The zero-order valence-electron chi connectivity index (χ0n) is 8.13. The molecule has 0 saturated heterocycles. The number of carbonyl (C=O) groups is 2. The van der Waals surface area contributed by atoms with Crippen molar-refractivity contribution >= 4 is 12.0 Å². The Balaban J connectivity index is 4.18. The molecule has 0 aromatic rings. The van der Waals surface area contributed by atoms with Crippen LogP contribution in [0.5, 0.6) is 0 Å². The van der Waals surface area contributed by atoms with Gasteiger partial charge in [-0.2, -0.15) is 0 Å². The summed E-state index contributed by atoms with van der Waals surface area (Å²) < 4.78 is 0. The highest BCUT2D eigenvalue weighted by molar-refractivity contribution is 5.84. The molecule has 0 aliphatic heterocycles. The smallest absolute Gasteiger partial charge is 0.405 e. The molecule has 0 spiro atoms. The average molecular weight is 188 g/mol. The van der Waals surface area contributed by atoms with Crippen LogP contribution in [0.2, 0.25) is 0 Å². The van der Waals surface area contributed by atoms with Gasteiger partial charge in [0.1, 0.15) is 6.04 Å². The van der Waals surface area contributed by atoms with Crippen LogP contribution in [0.15, 0.2) is 0 Å². The third-order valence-corrected chi connectivity index (χ3v) is 1.57. The first-order valence-electron chi connectivity index (χ1n) is 4.18. The lowest BCUT2D eigenvalue weighted by Gasteiger charge is -2.16. The highest BCUT2D eigenvalue weighted by Crippen LogP contribution is 2.04. The molecule has 0 aromatic carbocycles. The van der Waals surface area contributed by atoms with E-state index in [1.54, 1.807) is 0 Å². The largest absolute Gasteiger partial charge is 0.465 e. The maximum atomic E-state index is 11.1. The summed E-state index contributed by atoms with van der Waals surface area (Å²) in [4.78, 5) is 21.5. The van der Waals surface area contributed by atoms with Crippen molar-refractivity contribution in [3.8, 4) is 0 Å². The lowest BCUT2D eigenvalue weighted by molar-refractivity contribution is -0.122. The Morgan fingerprint density at radius 2 is 1.92 bits per heavy atom. The maximum absolute atomic E-state index is 11.1. The van der Waals surface area contributed by atoms with Crippen molar-refractivity contribution in [3.05, 3.63) is 0 Å². The molecule has 0 saturated carbocycles. The van der Waals surface area contributed by atoms with Crippen LogP contribution in [-0.2, 0) is 4.79 Å². The molecular weight excluding hydrogens is 172 g/mol. The van der Waals surface area contributed by atoms with Gasteiger partial charge in [-0.3, -0.25) is 4.79 Å². The first-order chi connectivity index (χ1) is 5.97. The van der Waals surface area contributed by atoms with E-state index in [1.165, 1.54) is 7.05 Å². The summed E-state index contributed by atoms with van der Waals surface area (Å²) in [5, 5.41) is 13.0. The van der Waals surface area contributed by atoms with Crippen molar-refractivity contribution < 1.29 is 14.7 Å². The van der Waals surface area contributed by atoms with Crippen molar-refractivity contribution in [2.75, 3.05) is 7.05 Å². The molecule has 0 aromatic heterocycles. The number of amides is 2. The van der Waals surface area contributed by atoms with Gasteiger partial charge in [-0.1, -0.05) is 13.8 Å². The van der Waals surface area contributed by atoms with Crippen LogP contribution in [0.4, 0.5) is 4.79 Å². The Morgan fingerprint density at radius 3 is 2.23 bits per heavy atom. The topological polar surface area (TPSA) is 78.4 Å². The molecule has 0 rings (SSSR count). The minimum atomic E-state index is -1.17. The molecule has 3 N–H and O–H groups in total. The zero-order valence-corrected chi connectivity index (χ0v) is 8.13. The fourth-order valence-electron chi connectivity index (χ4n) is 1.03. The predicted molar refractivity (Wildman–Crippen MR) is 48.5 cm³/mol. The standard InChI is InChI=1S/C8H16N2O3/c1-5(2)4-6(7(11)9-3)10-8(12)13/h5-6,10H,4H2,1-3H3,(H,9,11)(H,12,13). The van der Waals surface area contributed by atoms with E-state index in [4.69, 9.17) is 5.11 Å². The van der Waals surface area contributed by atoms with Gasteiger partial charge in [0.25, 0.3) is 0 Å². The van der Waals surface area contributed by atoms with Gasteiger partial charge in [0, 0.05) is 7.05 Å². The van der Waals surface area contributed by atoms with E-state index in [0.717, 1.165) is 0 Å². The van der Waals surface area contributed by atoms with Crippen LogP contribution < -0.4 is 10.6 Å². The number of hydrogen-bond donors (Lipinski definition) is 3. The van der Waals surface area contributed by atoms with E-state index in [1.807, 2.05) is 13.8 Å². The van der Waals surface area contributed by atoms with Crippen LogP contribution >= 0.6 is 0 Å². The quantitative estimate of drug-likeness (QED) is 0.598. The van der Waals surface area contributed by atoms with Gasteiger partial charge in [0.15, 0.2) is 0 Å². The number of hydrogen-bond acceptors (Lipinski definition) is 2. The van der Waals surface area contributed by atoms with E-state index in [2.05, 4.69) is 10.6 Å². The highest BCUT2D eigenvalue weighted by atomic mass is 16.4. The van der Waals surface area contributed by atoms with E-state index < -0.39 is 12.1 Å². The molecule has 0 radical (unpaired) electrons. The Labute approximate surface area is 77.5 Å². The molecule has 0 bridgehead atoms. The van der Waals surface area contributed by atoms with Gasteiger partial charge in [-0.25, -0.2) is 4.79 Å². The molecular formula is C8H16N2O3. The van der Waals surface area contributed by atoms with Crippen molar-refractivity contribution in [3.63, 3.8) is 0 Å². The molecule has 13 heavy (non-hydrogen) atoms. The van der Waals surface area contributed by atoms with Crippen molar-refractivity contribution in [1.29, 1.82) is 0 Å². The monoisotopic (exact) mass is 188 g/mol. The Hall–Kier alpha value is -1.26. The number of nitrogens with one attached hydrogen (secondary N) is 2. The van der Waals surface area contributed by atoms with Gasteiger partial charge in [0.05, 0.1) is 0 Å². The van der Waals surface area contributed by atoms with Gasteiger partial charge in [-0.15, -0.1) is 0 Å². The second-order valence-corrected chi connectivity index (χ2v) is 3.25. The van der Waals surface area contributed by atoms with E-state index in [9.17, 15) is 9.59 Å². The van der Waals surface area contributed by atoms with E-state index >= 15 is 0 Å². The number of rotatable bonds is 4. The minimum Gasteiger partial charge on any atom is -0.465 e. The molecule has 0 aliphatic carbocycles. The summed E-state index contributed by atoms with van der Waals surface area (Å²) in [5.74, 6) is -0.0229. The number of likely N-dealkylation sites (N-methyl/N-ethyl adjacent to an activating group) is 1. The summed E-state index contributed by atoms with van der Waals surface area (Å²) in [5.41, 5.74) is 0. The van der Waals surface area contributed by atoms with Crippen LogP contribution in [0, 0.1) is 5.92 Å². The summed E-state index contributed by atoms with van der Waals surface area (Å²) >= 11 is 0. The molecule has 2 amide bonds. The van der Waals surface area contributed by atoms with Crippen LogP contribution in [0.25, 0.3) is 0 Å². The molecule has 1 unspecified atom stereocenters. The zero-order chi connectivity index (χ0) is 10.4. The SMILES string of the molecule is CNC(=O)C(CC(C)C)NC(=O)O. The Morgan fingerprint density at radius 1 is 1.38 bits per heavy atom. The Kier molecular flexibility index (Phi) is 4.87. The lowest BCUT2D eigenvalue weighted by atomic mass is 10.0. The van der Waals surface area contributed by atoms with Crippen LogP contribution in [0.3, 0.4) is 0 Å². The minimum absolute atomic E-state index is 0.272. The van der Waals surface area contributed by atoms with Crippen molar-refractivity contribution in [2.45, 2.75) is 26.3 Å². The first-order valence-corrected chi connectivity index (χ1v) is 4.18. The fraction of sp³-hybridized carbons (Fsp3) is 0.750.